The van der Waals surface area contributed by atoms with E-state index in [2.05, 4.69) is 123 Å². The normalized spacial score (nSPS) is 14.3. The molecule has 8 nitrogen and oxygen atoms in total. The highest BCUT2D eigenvalue weighted by atomic mass is 31.2. The smallest absolute Gasteiger partial charge is 0.457 e. The van der Waals surface area contributed by atoms with Crippen molar-refractivity contribution < 1.29 is 37.3 Å². The predicted molar refractivity (Wildman–Crippen MR) is 297 cm³/mol. The highest BCUT2D eigenvalue weighted by Gasteiger charge is 2.26. The molecule has 0 aliphatic carbocycles. The van der Waals surface area contributed by atoms with Crippen LogP contribution in [-0.2, 0) is 27.9 Å². The third-order valence-electron chi connectivity index (χ3n) is 11.3. The SMILES string of the molecule is CC/C=C\C/C=C\C/C=C\C/C=C\C/C=C\C/C=C\CCCCCCCCC(=O)OC(COCCCCCCCCC/C=C\C/C=C\C/C=C\CCCCCCC)COP(=O)(O)OCC[N+](C)(C)C. The maximum atomic E-state index is 12.8. The van der Waals surface area contributed by atoms with Crippen LogP contribution in [0.3, 0.4) is 0 Å². The monoisotopic (exact) mass is 983 g/mol. The van der Waals surface area contributed by atoms with Crippen LogP contribution in [0.5, 0.6) is 0 Å². The van der Waals surface area contributed by atoms with Crippen molar-refractivity contribution in [2.45, 2.75) is 213 Å². The number of hydrogen-bond acceptors (Lipinski definition) is 6. The molecule has 0 aliphatic heterocycles. The van der Waals surface area contributed by atoms with Crippen LogP contribution in [-0.4, -0.2) is 75.6 Å². The molecule has 0 heterocycles. The number of phosphoric ester groups is 1. The largest absolute Gasteiger partial charge is 0.472 e. The third-order valence-corrected chi connectivity index (χ3v) is 12.3. The van der Waals surface area contributed by atoms with Gasteiger partial charge in [-0.2, -0.15) is 0 Å². The van der Waals surface area contributed by atoms with Gasteiger partial charge in [0.1, 0.15) is 19.3 Å². The molecule has 0 radical (unpaired) electrons. The average Bonchev–Trinajstić information content (AvgIpc) is 3.31. The van der Waals surface area contributed by atoms with E-state index in [4.69, 9.17) is 18.5 Å². The standard InChI is InChI=1S/C60H104NO7P/c1-6-8-10-12-14-16-18-20-22-24-26-28-30-31-32-33-35-37-39-41-43-45-47-49-51-53-60(62)68-59(58-67-69(63,64)66-56-54-61(3,4)5)57-65-55-52-50-48-46-44-42-40-38-36-34-29-27-25-23-21-19-17-15-13-11-9-7-2/h8,10,14,16,19-22,25-28,31-32,34-37,59H,6-7,9,11-13,15,17-18,23-24,29-30,33,38-58H2,1-5H3/p+1/b10-8-,16-14-,21-19-,22-20-,27-25-,28-26-,32-31-,36-34-,37-35-. The molecule has 2 unspecified atom stereocenters. The van der Waals surface area contributed by atoms with Gasteiger partial charge < -0.3 is 18.9 Å². The van der Waals surface area contributed by atoms with Gasteiger partial charge in [0.2, 0.25) is 0 Å². The Morgan fingerprint density at radius 2 is 0.841 bits per heavy atom. The minimum Gasteiger partial charge on any atom is -0.457 e. The van der Waals surface area contributed by atoms with Gasteiger partial charge in [-0.3, -0.25) is 13.8 Å². The number of likely N-dealkylation sites (N-methyl/N-ethyl adjacent to an activating group) is 1. The van der Waals surface area contributed by atoms with E-state index in [0.29, 0.717) is 24.1 Å². The molecular weight excluding hydrogens is 878 g/mol. The average molecular weight is 983 g/mol. The lowest BCUT2D eigenvalue weighted by Gasteiger charge is -2.24. The maximum absolute atomic E-state index is 12.8. The molecule has 0 aromatic rings. The van der Waals surface area contributed by atoms with Crippen LogP contribution in [0.25, 0.3) is 0 Å². The molecule has 0 aromatic carbocycles. The number of nitrogens with zero attached hydrogens (tertiary/aromatic N) is 1. The summed E-state index contributed by atoms with van der Waals surface area (Å²) in [6, 6.07) is 0. The highest BCUT2D eigenvalue weighted by molar-refractivity contribution is 7.47. The minimum absolute atomic E-state index is 0.0768. The van der Waals surface area contributed by atoms with E-state index in [9.17, 15) is 14.3 Å². The van der Waals surface area contributed by atoms with E-state index in [-0.39, 0.29) is 25.8 Å². The van der Waals surface area contributed by atoms with Gasteiger partial charge in [0.05, 0.1) is 34.4 Å². The van der Waals surface area contributed by atoms with Crippen molar-refractivity contribution in [1.82, 2.24) is 0 Å². The van der Waals surface area contributed by atoms with Crippen molar-refractivity contribution in [3.63, 3.8) is 0 Å². The number of ether oxygens (including phenoxy) is 2. The molecule has 0 amide bonds. The molecule has 0 saturated heterocycles. The fourth-order valence-electron chi connectivity index (χ4n) is 7.09. The van der Waals surface area contributed by atoms with Crippen LogP contribution in [0.1, 0.15) is 206 Å². The quantitative estimate of drug-likeness (QED) is 0.0213. The summed E-state index contributed by atoms with van der Waals surface area (Å²) < 4.78 is 35.2. The van der Waals surface area contributed by atoms with Crippen molar-refractivity contribution >= 4 is 13.8 Å². The van der Waals surface area contributed by atoms with Crippen molar-refractivity contribution in [1.29, 1.82) is 0 Å². The first kappa shape index (κ1) is 66.2. The van der Waals surface area contributed by atoms with Gasteiger partial charge in [-0.05, 0) is 103 Å². The summed E-state index contributed by atoms with van der Waals surface area (Å²) in [5.74, 6) is -0.335. The predicted octanol–water partition coefficient (Wildman–Crippen LogP) is 17.5. The molecule has 0 bridgehead atoms. The molecule has 2 atom stereocenters. The summed E-state index contributed by atoms with van der Waals surface area (Å²) >= 11 is 0. The van der Waals surface area contributed by atoms with Gasteiger partial charge >= 0.3 is 13.8 Å². The van der Waals surface area contributed by atoms with E-state index in [0.717, 1.165) is 103 Å². The van der Waals surface area contributed by atoms with Crippen molar-refractivity contribution in [2.24, 2.45) is 0 Å². The number of quaternary nitrogens is 1. The van der Waals surface area contributed by atoms with Gasteiger partial charge in [0.15, 0.2) is 0 Å². The van der Waals surface area contributed by atoms with Crippen molar-refractivity contribution in [3.8, 4) is 0 Å². The zero-order valence-corrected chi connectivity index (χ0v) is 45.9. The molecule has 0 rings (SSSR count). The lowest BCUT2D eigenvalue weighted by atomic mass is 10.1. The number of carbonyl (C=O) groups excluding carboxylic acids is 1. The zero-order valence-electron chi connectivity index (χ0n) is 45.0. The summed E-state index contributed by atoms with van der Waals surface area (Å²) in [5.41, 5.74) is 0. The molecule has 0 fully saturated rings. The van der Waals surface area contributed by atoms with Gasteiger partial charge in [-0.25, -0.2) is 4.57 Å². The van der Waals surface area contributed by atoms with Crippen LogP contribution in [0, 0.1) is 0 Å². The maximum Gasteiger partial charge on any atom is 0.472 e. The number of rotatable bonds is 50. The van der Waals surface area contributed by atoms with Crippen molar-refractivity contribution in [3.05, 3.63) is 109 Å². The van der Waals surface area contributed by atoms with Crippen molar-refractivity contribution in [2.75, 3.05) is 54.1 Å². The minimum atomic E-state index is -4.30. The molecular formula is C60H105NO7P+. The van der Waals surface area contributed by atoms with E-state index in [1.165, 1.54) is 83.5 Å². The highest BCUT2D eigenvalue weighted by Crippen LogP contribution is 2.43. The van der Waals surface area contributed by atoms with Gasteiger partial charge in [-0.15, -0.1) is 0 Å². The van der Waals surface area contributed by atoms with E-state index >= 15 is 0 Å². The lowest BCUT2D eigenvalue weighted by Crippen LogP contribution is -2.37. The summed E-state index contributed by atoms with van der Waals surface area (Å²) in [4.78, 5) is 23.1. The Morgan fingerprint density at radius 3 is 1.26 bits per heavy atom. The molecule has 1 N–H and O–H groups in total. The molecule has 9 heteroatoms. The van der Waals surface area contributed by atoms with Crippen LogP contribution in [0.2, 0.25) is 0 Å². The number of allylic oxidation sites excluding steroid dienone is 18. The molecule has 396 valence electrons. The van der Waals surface area contributed by atoms with Gasteiger partial charge in [-0.1, -0.05) is 207 Å². The number of carbonyl (C=O) groups is 1. The second-order valence-electron chi connectivity index (χ2n) is 19.2. The van der Waals surface area contributed by atoms with Crippen LogP contribution >= 0.6 is 7.82 Å². The summed E-state index contributed by atoms with van der Waals surface area (Å²) in [6.07, 6.45) is 72.8. The summed E-state index contributed by atoms with van der Waals surface area (Å²) in [6.45, 7) is 5.44. The Morgan fingerprint density at radius 1 is 0.464 bits per heavy atom. The molecule has 0 aliphatic rings. The number of phosphoric acid groups is 1. The fourth-order valence-corrected chi connectivity index (χ4v) is 7.83. The van der Waals surface area contributed by atoms with Crippen LogP contribution < -0.4 is 0 Å². The Balaban J connectivity index is 4.21. The Bertz CT molecular complexity index is 1470. The zero-order chi connectivity index (χ0) is 50.5. The Kier molecular flexibility index (Phi) is 49.4. The molecule has 0 spiro atoms. The molecule has 0 saturated carbocycles. The Hall–Kier alpha value is -2.84. The first-order chi connectivity index (χ1) is 33.6. The number of unbranched alkanes of at least 4 members (excludes halogenated alkanes) is 18. The van der Waals surface area contributed by atoms with Gasteiger partial charge in [0, 0.05) is 13.0 Å². The van der Waals surface area contributed by atoms with E-state index < -0.39 is 13.9 Å². The topological polar surface area (TPSA) is 91.3 Å². The van der Waals surface area contributed by atoms with Crippen LogP contribution in [0.15, 0.2) is 109 Å². The molecule has 0 aromatic heterocycles. The number of hydrogen-bond donors (Lipinski definition) is 1. The second-order valence-corrected chi connectivity index (χ2v) is 20.7. The lowest BCUT2D eigenvalue weighted by molar-refractivity contribution is -0.870. The first-order valence-corrected chi connectivity index (χ1v) is 29.1. The Labute approximate surface area is 425 Å². The van der Waals surface area contributed by atoms with E-state index in [1.807, 2.05) is 21.1 Å². The van der Waals surface area contributed by atoms with Crippen LogP contribution in [0.4, 0.5) is 0 Å². The number of esters is 1. The summed E-state index contributed by atoms with van der Waals surface area (Å²) in [7, 11) is 1.63. The fraction of sp³-hybridized carbons (Fsp3) is 0.683. The van der Waals surface area contributed by atoms with E-state index in [1.54, 1.807) is 0 Å². The third kappa shape index (κ3) is 56.0. The summed E-state index contributed by atoms with van der Waals surface area (Å²) in [5, 5.41) is 0. The second kappa shape index (κ2) is 51.5. The molecule has 69 heavy (non-hydrogen) atoms. The van der Waals surface area contributed by atoms with Gasteiger partial charge in [0.25, 0.3) is 0 Å². The first-order valence-electron chi connectivity index (χ1n) is 27.6.